The topological polar surface area (TPSA) is 63.6 Å². The molecule has 1 N–H and O–H groups in total. The first-order valence-electron chi connectivity index (χ1n) is 4.84. The Morgan fingerprint density at radius 1 is 1.35 bits per heavy atom. The van der Waals surface area contributed by atoms with E-state index in [-0.39, 0.29) is 27.1 Å². The second kappa shape index (κ2) is 4.00. The third-order valence-electron chi connectivity index (χ3n) is 2.69. The van der Waals surface area contributed by atoms with Crippen molar-refractivity contribution in [2.24, 2.45) is 0 Å². The Morgan fingerprint density at radius 3 is 2.59 bits per heavy atom. The molecule has 2 rings (SSSR count). The lowest BCUT2D eigenvalue weighted by Gasteiger charge is -2.17. The summed E-state index contributed by atoms with van der Waals surface area (Å²) >= 11 is 3.01. The van der Waals surface area contributed by atoms with Gasteiger partial charge in [0.25, 0.3) is 0 Å². The van der Waals surface area contributed by atoms with Crippen LogP contribution in [0.5, 0.6) is 11.5 Å². The molecule has 0 bridgehead atoms. The maximum Gasteiger partial charge on any atom is 0.204 e. The van der Waals surface area contributed by atoms with E-state index < -0.39 is 5.78 Å². The van der Waals surface area contributed by atoms with Crippen molar-refractivity contribution in [2.45, 2.75) is 6.92 Å². The molecule has 4 nitrogen and oxygen atoms in total. The van der Waals surface area contributed by atoms with E-state index in [0.717, 1.165) is 0 Å². The molecule has 5 heteroatoms. The highest BCUT2D eigenvalue weighted by Crippen LogP contribution is 2.38. The average Bonchev–Trinajstić information content (AvgIpc) is 2.29. The summed E-state index contributed by atoms with van der Waals surface area (Å²) in [6.45, 7) is 1.62. The Labute approximate surface area is 106 Å². The van der Waals surface area contributed by atoms with Crippen molar-refractivity contribution in [3.63, 3.8) is 0 Å². The summed E-state index contributed by atoms with van der Waals surface area (Å²) in [6, 6.07) is 1.47. The number of fused-ring (bicyclic) bond motifs is 1. The zero-order chi connectivity index (χ0) is 12.7. The van der Waals surface area contributed by atoms with Crippen LogP contribution < -0.4 is 4.74 Å². The van der Waals surface area contributed by atoms with Crippen molar-refractivity contribution < 1.29 is 19.4 Å². The minimum Gasteiger partial charge on any atom is -0.507 e. The second-order valence-corrected chi connectivity index (χ2v) is 4.51. The van der Waals surface area contributed by atoms with Crippen LogP contribution in [0.4, 0.5) is 0 Å². The lowest BCUT2D eigenvalue weighted by Crippen LogP contribution is -2.15. The van der Waals surface area contributed by atoms with Crippen molar-refractivity contribution in [1.29, 1.82) is 0 Å². The highest BCUT2D eigenvalue weighted by Gasteiger charge is 2.29. The standard InChI is InChI=1S/C12H9BrO4/c1-5-9(17-2)3-6-8(14)4-7(13)12(16)10(6)11(5)15/h3-4,15H,1-2H3. The van der Waals surface area contributed by atoms with Crippen LogP contribution in [0, 0.1) is 6.92 Å². The van der Waals surface area contributed by atoms with E-state index in [1.165, 1.54) is 19.3 Å². The number of ether oxygens (including phenoxy) is 1. The molecule has 88 valence electrons. The molecule has 1 aliphatic rings. The van der Waals surface area contributed by atoms with Crippen LogP contribution in [0.2, 0.25) is 0 Å². The van der Waals surface area contributed by atoms with Gasteiger partial charge in [0.15, 0.2) is 5.78 Å². The Balaban J connectivity index is 2.80. The van der Waals surface area contributed by atoms with Gasteiger partial charge in [-0.25, -0.2) is 0 Å². The molecule has 1 aliphatic carbocycles. The van der Waals surface area contributed by atoms with Gasteiger partial charge in [-0.2, -0.15) is 0 Å². The zero-order valence-corrected chi connectivity index (χ0v) is 10.8. The summed E-state index contributed by atoms with van der Waals surface area (Å²) in [4.78, 5) is 23.6. The molecule has 0 unspecified atom stereocenters. The van der Waals surface area contributed by atoms with E-state index in [9.17, 15) is 14.7 Å². The van der Waals surface area contributed by atoms with Crippen molar-refractivity contribution in [1.82, 2.24) is 0 Å². The highest BCUT2D eigenvalue weighted by molar-refractivity contribution is 9.12. The van der Waals surface area contributed by atoms with Gasteiger partial charge in [0, 0.05) is 17.2 Å². The molecule has 17 heavy (non-hydrogen) atoms. The van der Waals surface area contributed by atoms with E-state index in [0.29, 0.717) is 11.3 Å². The van der Waals surface area contributed by atoms with Gasteiger partial charge < -0.3 is 9.84 Å². The molecule has 0 fully saturated rings. The summed E-state index contributed by atoms with van der Waals surface area (Å²) in [5.74, 6) is -0.556. The fraction of sp³-hybridized carbons (Fsp3) is 0.167. The number of rotatable bonds is 1. The summed E-state index contributed by atoms with van der Waals surface area (Å²) in [6.07, 6.45) is 1.19. The fourth-order valence-electron chi connectivity index (χ4n) is 1.76. The minimum absolute atomic E-state index is 0.0303. The van der Waals surface area contributed by atoms with E-state index in [4.69, 9.17) is 4.74 Å². The third-order valence-corrected chi connectivity index (χ3v) is 3.28. The number of carbonyl (C=O) groups excluding carboxylic acids is 2. The Morgan fingerprint density at radius 2 is 2.00 bits per heavy atom. The quantitative estimate of drug-likeness (QED) is 0.864. The molecular weight excluding hydrogens is 288 g/mol. The number of phenols is 1. The van der Waals surface area contributed by atoms with Crippen LogP contribution in [-0.4, -0.2) is 23.8 Å². The lowest BCUT2D eigenvalue weighted by atomic mass is 9.91. The van der Waals surface area contributed by atoms with E-state index in [1.807, 2.05) is 0 Å². The van der Waals surface area contributed by atoms with Crippen LogP contribution in [-0.2, 0) is 0 Å². The van der Waals surface area contributed by atoms with Gasteiger partial charge in [-0.1, -0.05) is 0 Å². The monoisotopic (exact) mass is 296 g/mol. The number of allylic oxidation sites excluding steroid dienone is 2. The van der Waals surface area contributed by atoms with Crippen molar-refractivity contribution in [3.8, 4) is 11.5 Å². The maximum absolute atomic E-state index is 11.9. The number of Topliss-reactive ketones (excluding diaryl/α,β-unsaturated/α-hetero) is 1. The minimum atomic E-state index is -0.400. The molecule has 0 spiro atoms. The van der Waals surface area contributed by atoms with Crippen LogP contribution in [0.15, 0.2) is 16.6 Å². The molecule has 0 heterocycles. The van der Waals surface area contributed by atoms with E-state index in [1.54, 1.807) is 6.92 Å². The van der Waals surface area contributed by atoms with Gasteiger partial charge in [-0.15, -0.1) is 0 Å². The van der Waals surface area contributed by atoms with E-state index >= 15 is 0 Å². The number of methoxy groups -OCH3 is 1. The molecule has 1 aromatic carbocycles. The van der Waals surface area contributed by atoms with Gasteiger partial charge in [0.05, 0.1) is 17.2 Å². The van der Waals surface area contributed by atoms with Crippen LogP contribution in [0.3, 0.4) is 0 Å². The van der Waals surface area contributed by atoms with Gasteiger partial charge in [0.1, 0.15) is 11.5 Å². The number of carbonyl (C=O) groups is 2. The molecule has 0 saturated heterocycles. The lowest BCUT2D eigenvalue weighted by molar-refractivity contribution is 0.0989. The first kappa shape index (κ1) is 11.9. The number of aromatic hydroxyl groups is 1. The molecule has 0 amide bonds. The number of benzene rings is 1. The number of hydrogen-bond acceptors (Lipinski definition) is 4. The first-order valence-corrected chi connectivity index (χ1v) is 5.63. The smallest absolute Gasteiger partial charge is 0.204 e. The maximum atomic E-state index is 11.9. The van der Waals surface area contributed by atoms with Crippen molar-refractivity contribution >= 4 is 27.5 Å². The molecule has 0 aliphatic heterocycles. The normalized spacial score (nSPS) is 14.4. The SMILES string of the molecule is COc1cc2c(c(O)c1C)C(=O)C(Br)=CC2=O. The van der Waals surface area contributed by atoms with Crippen LogP contribution >= 0.6 is 15.9 Å². The number of hydrogen-bond donors (Lipinski definition) is 1. The molecule has 1 aromatic rings. The largest absolute Gasteiger partial charge is 0.507 e. The number of phenolic OH excluding ortho intramolecular Hbond substituents is 1. The third kappa shape index (κ3) is 1.67. The number of ketones is 2. The summed E-state index contributed by atoms with van der Waals surface area (Å²) in [7, 11) is 1.44. The van der Waals surface area contributed by atoms with Gasteiger partial charge in [-0.3, -0.25) is 9.59 Å². The summed E-state index contributed by atoms with van der Waals surface area (Å²) in [5, 5.41) is 9.96. The molecule has 0 aromatic heterocycles. The number of halogens is 1. The van der Waals surface area contributed by atoms with Crippen molar-refractivity contribution in [2.75, 3.05) is 7.11 Å². The second-order valence-electron chi connectivity index (χ2n) is 3.66. The van der Waals surface area contributed by atoms with Crippen molar-refractivity contribution in [3.05, 3.63) is 33.3 Å². The summed E-state index contributed by atoms with van der Waals surface area (Å²) < 4.78 is 5.19. The van der Waals surface area contributed by atoms with Crippen LogP contribution in [0.25, 0.3) is 0 Å². The van der Waals surface area contributed by atoms with Gasteiger partial charge in [0.2, 0.25) is 5.78 Å². The Kier molecular flexibility index (Phi) is 2.79. The molecule has 0 radical (unpaired) electrons. The van der Waals surface area contributed by atoms with Gasteiger partial charge >= 0.3 is 0 Å². The molecule has 0 saturated carbocycles. The Hall–Kier alpha value is -1.62. The van der Waals surface area contributed by atoms with Crippen LogP contribution in [0.1, 0.15) is 26.3 Å². The fourth-order valence-corrected chi connectivity index (χ4v) is 2.16. The average molecular weight is 297 g/mol. The highest BCUT2D eigenvalue weighted by atomic mass is 79.9. The molecular formula is C12H9BrO4. The summed E-state index contributed by atoms with van der Waals surface area (Å²) in [5.41, 5.74) is 0.635. The van der Waals surface area contributed by atoms with E-state index in [2.05, 4.69) is 15.9 Å². The zero-order valence-electron chi connectivity index (χ0n) is 9.20. The predicted octanol–water partition coefficient (Wildman–Crippen LogP) is 2.37. The predicted molar refractivity (Wildman–Crippen MR) is 65.1 cm³/mol. The Bertz CT molecular complexity index is 572. The van der Waals surface area contributed by atoms with Gasteiger partial charge in [-0.05, 0) is 28.9 Å². The molecule has 0 atom stereocenters. The first-order chi connectivity index (χ1) is 7.97.